The number of hydrogen-bond acceptors (Lipinski definition) is 4. The predicted molar refractivity (Wildman–Crippen MR) is 80.9 cm³/mol. The van der Waals surface area contributed by atoms with E-state index in [9.17, 15) is 9.59 Å². The first kappa shape index (κ1) is 14.8. The molecule has 0 spiro atoms. The van der Waals surface area contributed by atoms with E-state index in [4.69, 9.17) is 5.73 Å². The molecular weight excluding hydrogens is 268 g/mol. The summed E-state index contributed by atoms with van der Waals surface area (Å²) in [5, 5.41) is 2.70. The molecule has 0 aliphatic carbocycles. The van der Waals surface area contributed by atoms with Gasteiger partial charge in [-0.2, -0.15) is 0 Å². The van der Waals surface area contributed by atoms with Gasteiger partial charge in [-0.1, -0.05) is 6.07 Å². The van der Waals surface area contributed by atoms with E-state index < -0.39 is 5.91 Å². The predicted octanol–water partition coefficient (Wildman–Crippen LogP) is 1.08. The van der Waals surface area contributed by atoms with Gasteiger partial charge in [-0.3, -0.25) is 9.59 Å². The normalized spacial score (nSPS) is 10.4. The van der Waals surface area contributed by atoms with E-state index in [2.05, 4.69) is 10.3 Å². The number of hydrogen-bond donors (Lipinski definition) is 2. The van der Waals surface area contributed by atoms with Gasteiger partial charge in [0, 0.05) is 30.5 Å². The molecule has 0 aliphatic rings. The summed E-state index contributed by atoms with van der Waals surface area (Å²) in [6.45, 7) is 4.47. The first-order valence-corrected chi connectivity index (χ1v) is 6.72. The number of nitrogen functional groups attached to an aromatic ring is 1. The zero-order valence-electron chi connectivity index (χ0n) is 12.1. The van der Waals surface area contributed by atoms with Crippen LogP contribution in [0, 0.1) is 6.92 Å². The van der Waals surface area contributed by atoms with Gasteiger partial charge < -0.3 is 15.6 Å². The molecule has 0 bridgehead atoms. The molecule has 21 heavy (non-hydrogen) atoms. The Hall–Kier alpha value is -2.63. The van der Waals surface area contributed by atoms with Crippen LogP contribution in [-0.4, -0.2) is 15.5 Å². The number of amides is 1. The number of rotatable bonds is 4. The van der Waals surface area contributed by atoms with Gasteiger partial charge in [0.2, 0.25) is 0 Å². The van der Waals surface area contributed by atoms with Crippen molar-refractivity contribution < 1.29 is 4.79 Å². The Morgan fingerprint density at radius 2 is 2.14 bits per heavy atom. The minimum Gasteiger partial charge on any atom is -0.383 e. The Morgan fingerprint density at radius 3 is 2.81 bits per heavy atom. The van der Waals surface area contributed by atoms with Gasteiger partial charge in [-0.05, 0) is 32.0 Å². The lowest BCUT2D eigenvalue weighted by Crippen LogP contribution is -2.33. The number of aromatic nitrogens is 2. The van der Waals surface area contributed by atoms with Crippen molar-refractivity contribution in [1.82, 2.24) is 14.9 Å². The molecule has 6 nitrogen and oxygen atoms in total. The van der Waals surface area contributed by atoms with Crippen molar-refractivity contribution in [2.45, 2.75) is 26.9 Å². The van der Waals surface area contributed by atoms with Crippen LogP contribution in [0.5, 0.6) is 0 Å². The number of nitrogens with one attached hydrogen (secondary N) is 1. The van der Waals surface area contributed by atoms with Crippen LogP contribution in [0.15, 0.2) is 35.3 Å². The molecule has 110 valence electrons. The van der Waals surface area contributed by atoms with Crippen LogP contribution in [0.2, 0.25) is 0 Å². The zero-order valence-corrected chi connectivity index (χ0v) is 12.1. The number of carbonyl (C=O) groups is 1. The molecule has 0 saturated heterocycles. The first-order valence-electron chi connectivity index (χ1n) is 6.72. The molecule has 6 heteroatoms. The van der Waals surface area contributed by atoms with Crippen molar-refractivity contribution in [3.63, 3.8) is 0 Å². The zero-order chi connectivity index (χ0) is 15.4. The van der Waals surface area contributed by atoms with Gasteiger partial charge in [-0.15, -0.1) is 0 Å². The van der Waals surface area contributed by atoms with Crippen molar-refractivity contribution >= 4 is 11.7 Å². The first-order chi connectivity index (χ1) is 10.0. The van der Waals surface area contributed by atoms with Crippen LogP contribution in [0.25, 0.3) is 0 Å². The highest BCUT2D eigenvalue weighted by Crippen LogP contribution is 2.06. The third kappa shape index (κ3) is 3.10. The van der Waals surface area contributed by atoms with Crippen molar-refractivity contribution in [3.8, 4) is 0 Å². The molecule has 2 aromatic heterocycles. The molecule has 0 aliphatic heterocycles. The molecule has 2 heterocycles. The SMILES string of the molecule is CCn1c(C)ccc(C(=O)NCc2cccnc2N)c1=O. The second-order valence-corrected chi connectivity index (χ2v) is 4.67. The van der Waals surface area contributed by atoms with Crippen LogP contribution in [0.1, 0.15) is 28.5 Å². The number of nitrogens with zero attached hydrogens (tertiary/aromatic N) is 2. The Bertz CT molecular complexity index is 722. The average molecular weight is 286 g/mol. The average Bonchev–Trinajstić information content (AvgIpc) is 2.46. The van der Waals surface area contributed by atoms with Gasteiger partial charge in [0.05, 0.1) is 0 Å². The fourth-order valence-corrected chi connectivity index (χ4v) is 2.11. The lowest BCUT2D eigenvalue weighted by Gasteiger charge is -2.10. The minimum atomic E-state index is -0.412. The summed E-state index contributed by atoms with van der Waals surface area (Å²) < 4.78 is 1.56. The number of carbonyl (C=O) groups excluding carboxylic acids is 1. The van der Waals surface area contributed by atoms with Crippen LogP contribution < -0.4 is 16.6 Å². The molecule has 0 unspecified atom stereocenters. The van der Waals surface area contributed by atoms with Crippen molar-refractivity contribution in [2.75, 3.05) is 5.73 Å². The molecule has 0 aromatic carbocycles. The largest absolute Gasteiger partial charge is 0.383 e. The van der Waals surface area contributed by atoms with Crippen molar-refractivity contribution in [1.29, 1.82) is 0 Å². The fraction of sp³-hybridized carbons (Fsp3) is 0.267. The number of pyridine rings is 2. The van der Waals surface area contributed by atoms with Crippen LogP contribution >= 0.6 is 0 Å². The van der Waals surface area contributed by atoms with E-state index in [1.54, 1.807) is 35.0 Å². The van der Waals surface area contributed by atoms with Crippen LogP contribution in [0.4, 0.5) is 5.82 Å². The summed E-state index contributed by atoms with van der Waals surface area (Å²) >= 11 is 0. The fourth-order valence-electron chi connectivity index (χ4n) is 2.11. The molecule has 0 radical (unpaired) electrons. The lowest BCUT2D eigenvalue weighted by atomic mass is 10.2. The summed E-state index contributed by atoms with van der Waals surface area (Å²) in [6, 6.07) is 6.83. The summed E-state index contributed by atoms with van der Waals surface area (Å²) in [7, 11) is 0. The standard InChI is InChI=1S/C15H18N4O2/c1-3-19-10(2)6-7-12(15(19)21)14(20)18-9-11-5-4-8-17-13(11)16/h4-8H,3,9H2,1-2H3,(H2,16,17)(H,18,20). The quantitative estimate of drug-likeness (QED) is 0.880. The smallest absolute Gasteiger partial charge is 0.263 e. The molecule has 0 atom stereocenters. The Morgan fingerprint density at radius 1 is 1.38 bits per heavy atom. The number of nitrogens with two attached hydrogens (primary N) is 1. The highest BCUT2D eigenvalue weighted by Gasteiger charge is 2.13. The Labute approximate surface area is 122 Å². The van der Waals surface area contributed by atoms with E-state index in [0.29, 0.717) is 17.9 Å². The number of aryl methyl sites for hydroxylation is 1. The molecule has 1 amide bonds. The van der Waals surface area contributed by atoms with Gasteiger partial charge in [0.15, 0.2) is 0 Å². The molecule has 0 fully saturated rings. The van der Waals surface area contributed by atoms with E-state index in [1.807, 2.05) is 13.8 Å². The maximum Gasteiger partial charge on any atom is 0.263 e. The molecule has 2 rings (SSSR count). The van der Waals surface area contributed by atoms with E-state index in [0.717, 1.165) is 5.69 Å². The maximum absolute atomic E-state index is 12.2. The molecular formula is C15H18N4O2. The Kier molecular flexibility index (Phi) is 4.37. The number of anilines is 1. The highest BCUT2D eigenvalue weighted by molar-refractivity contribution is 5.93. The molecule has 2 aromatic rings. The van der Waals surface area contributed by atoms with Gasteiger partial charge >= 0.3 is 0 Å². The summed E-state index contributed by atoms with van der Waals surface area (Å²) in [4.78, 5) is 28.3. The third-order valence-corrected chi connectivity index (χ3v) is 3.32. The van der Waals surface area contributed by atoms with Gasteiger partial charge in [0.25, 0.3) is 11.5 Å². The Balaban J connectivity index is 2.18. The highest BCUT2D eigenvalue weighted by atomic mass is 16.2. The monoisotopic (exact) mass is 286 g/mol. The summed E-state index contributed by atoms with van der Waals surface area (Å²) in [5.41, 5.74) is 7.10. The van der Waals surface area contributed by atoms with Crippen molar-refractivity contribution in [3.05, 3.63) is 57.6 Å². The second-order valence-electron chi connectivity index (χ2n) is 4.67. The maximum atomic E-state index is 12.2. The van der Waals surface area contributed by atoms with E-state index >= 15 is 0 Å². The van der Waals surface area contributed by atoms with Gasteiger partial charge in [0.1, 0.15) is 11.4 Å². The van der Waals surface area contributed by atoms with Gasteiger partial charge in [-0.25, -0.2) is 4.98 Å². The van der Waals surface area contributed by atoms with Crippen molar-refractivity contribution in [2.24, 2.45) is 0 Å². The summed E-state index contributed by atoms with van der Waals surface area (Å²) in [5.74, 6) is -0.0434. The minimum absolute atomic E-state index is 0.130. The molecule has 0 saturated carbocycles. The summed E-state index contributed by atoms with van der Waals surface area (Å²) in [6.07, 6.45) is 1.58. The van der Waals surface area contributed by atoms with E-state index in [1.165, 1.54) is 0 Å². The lowest BCUT2D eigenvalue weighted by molar-refractivity contribution is 0.0949. The third-order valence-electron chi connectivity index (χ3n) is 3.32. The molecule has 3 N–H and O–H groups in total. The van der Waals surface area contributed by atoms with Crippen LogP contribution in [-0.2, 0) is 13.1 Å². The van der Waals surface area contributed by atoms with Crippen LogP contribution in [0.3, 0.4) is 0 Å². The topological polar surface area (TPSA) is 90.0 Å². The van der Waals surface area contributed by atoms with E-state index in [-0.39, 0.29) is 17.7 Å². The second kappa shape index (κ2) is 6.21.